The SMILES string of the molecule is CCc1cnc(CNC(=O)C2CCNC2)s1. The van der Waals surface area contributed by atoms with E-state index in [1.807, 2.05) is 6.20 Å². The molecule has 1 aliphatic heterocycles. The molecule has 0 aliphatic carbocycles. The third-order valence-corrected chi connectivity index (χ3v) is 3.94. The van der Waals surface area contributed by atoms with Gasteiger partial charge in [-0.15, -0.1) is 11.3 Å². The van der Waals surface area contributed by atoms with Crippen molar-refractivity contribution in [3.63, 3.8) is 0 Å². The van der Waals surface area contributed by atoms with Crippen molar-refractivity contribution in [2.75, 3.05) is 13.1 Å². The molecule has 0 radical (unpaired) electrons. The maximum atomic E-state index is 11.7. The van der Waals surface area contributed by atoms with E-state index in [1.54, 1.807) is 11.3 Å². The Kier molecular flexibility index (Phi) is 3.90. The van der Waals surface area contributed by atoms with Crippen LogP contribution in [0.2, 0.25) is 0 Å². The molecule has 1 amide bonds. The van der Waals surface area contributed by atoms with E-state index >= 15 is 0 Å². The van der Waals surface area contributed by atoms with Crippen LogP contribution in [0, 0.1) is 5.92 Å². The molecule has 1 saturated heterocycles. The van der Waals surface area contributed by atoms with Gasteiger partial charge in [-0.3, -0.25) is 4.79 Å². The van der Waals surface area contributed by atoms with Gasteiger partial charge in [0.2, 0.25) is 5.91 Å². The second kappa shape index (κ2) is 5.41. The monoisotopic (exact) mass is 239 g/mol. The second-order valence-electron chi connectivity index (χ2n) is 3.98. The van der Waals surface area contributed by atoms with Crippen LogP contribution in [0.1, 0.15) is 23.2 Å². The first-order valence-corrected chi connectivity index (χ1v) is 6.53. The minimum absolute atomic E-state index is 0.144. The lowest BCUT2D eigenvalue weighted by atomic mass is 10.1. The van der Waals surface area contributed by atoms with E-state index in [-0.39, 0.29) is 11.8 Å². The van der Waals surface area contributed by atoms with Crippen molar-refractivity contribution in [2.45, 2.75) is 26.3 Å². The maximum absolute atomic E-state index is 11.7. The molecule has 1 unspecified atom stereocenters. The van der Waals surface area contributed by atoms with Crippen LogP contribution in [0.4, 0.5) is 0 Å². The van der Waals surface area contributed by atoms with E-state index in [2.05, 4.69) is 22.5 Å². The van der Waals surface area contributed by atoms with E-state index in [0.29, 0.717) is 6.54 Å². The summed E-state index contributed by atoms with van der Waals surface area (Å²) in [5.74, 6) is 0.295. The van der Waals surface area contributed by atoms with Gasteiger partial charge in [-0.2, -0.15) is 0 Å². The molecular weight excluding hydrogens is 222 g/mol. The number of hydrogen-bond acceptors (Lipinski definition) is 4. The van der Waals surface area contributed by atoms with Crippen LogP contribution in [-0.2, 0) is 17.8 Å². The fourth-order valence-electron chi connectivity index (χ4n) is 1.78. The minimum Gasteiger partial charge on any atom is -0.349 e. The molecule has 5 heteroatoms. The van der Waals surface area contributed by atoms with Crippen LogP contribution in [0.15, 0.2) is 6.20 Å². The Morgan fingerprint density at radius 2 is 2.62 bits per heavy atom. The van der Waals surface area contributed by atoms with E-state index in [9.17, 15) is 4.79 Å². The van der Waals surface area contributed by atoms with E-state index < -0.39 is 0 Å². The van der Waals surface area contributed by atoms with Crippen LogP contribution in [0.3, 0.4) is 0 Å². The Morgan fingerprint density at radius 3 is 3.25 bits per heavy atom. The van der Waals surface area contributed by atoms with Gasteiger partial charge in [0.1, 0.15) is 5.01 Å². The van der Waals surface area contributed by atoms with Crippen LogP contribution >= 0.6 is 11.3 Å². The van der Waals surface area contributed by atoms with Gasteiger partial charge in [-0.05, 0) is 19.4 Å². The fourth-order valence-corrected chi connectivity index (χ4v) is 2.58. The summed E-state index contributed by atoms with van der Waals surface area (Å²) in [7, 11) is 0. The number of aryl methyl sites for hydroxylation is 1. The zero-order chi connectivity index (χ0) is 11.4. The summed E-state index contributed by atoms with van der Waals surface area (Å²) in [5.41, 5.74) is 0. The van der Waals surface area contributed by atoms with Gasteiger partial charge in [0.15, 0.2) is 0 Å². The van der Waals surface area contributed by atoms with Gasteiger partial charge < -0.3 is 10.6 Å². The smallest absolute Gasteiger partial charge is 0.224 e. The van der Waals surface area contributed by atoms with Gasteiger partial charge in [0.05, 0.1) is 12.5 Å². The zero-order valence-electron chi connectivity index (χ0n) is 9.45. The van der Waals surface area contributed by atoms with Gasteiger partial charge in [-0.1, -0.05) is 6.92 Å². The molecule has 0 spiro atoms. The summed E-state index contributed by atoms with van der Waals surface area (Å²) < 4.78 is 0. The number of rotatable bonds is 4. The fraction of sp³-hybridized carbons (Fsp3) is 0.636. The topological polar surface area (TPSA) is 54.0 Å². The van der Waals surface area contributed by atoms with E-state index in [0.717, 1.165) is 30.9 Å². The van der Waals surface area contributed by atoms with E-state index in [4.69, 9.17) is 0 Å². The first-order valence-electron chi connectivity index (χ1n) is 5.71. The molecule has 1 fully saturated rings. The number of nitrogens with zero attached hydrogens (tertiary/aromatic N) is 1. The van der Waals surface area contributed by atoms with Crippen LogP contribution in [0.25, 0.3) is 0 Å². The molecule has 1 aromatic rings. The molecule has 1 aliphatic rings. The molecule has 2 rings (SSSR count). The van der Waals surface area contributed by atoms with Gasteiger partial charge in [0.25, 0.3) is 0 Å². The van der Waals surface area contributed by atoms with Crippen molar-refractivity contribution in [3.05, 3.63) is 16.1 Å². The summed E-state index contributed by atoms with van der Waals surface area (Å²) >= 11 is 1.68. The zero-order valence-corrected chi connectivity index (χ0v) is 10.3. The predicted molar refractivity (Wildman–Crippen MR) is 64.3 cm³/mol. The summed E-state index contributed by atoms with van der Waals surface area (Å²) in [6.07, 6.45) is 3.85. The van der Waals surface area contributed by atoms with Crippen molar-refractivity contribution in [3.8, 4) is 0 Å². The molecule has 16 heavy (non-hydrogen) atoms. The maximum Gasteiger partial charge on any atom is 0.224 e. The molecule has 2 N–H and O–H groups in total. The highest BCUT2D eigenvalue weighted by molar-refractivity contribution is 7.11. The number of carbonyl (C=O) groups excluding carboxylic acids is 1. The molecule has 0 aromatic carbocycles. The standard InChI is InChI=1S/C11H17N3OS/c1-2-9-6-13-10(16-9)7-14-11(15)8-3-4-12-5-8/h6,8,12H,2-5,7H2,1H3,(H,14,15). The van der Waals surface area contributed by atoms with Gasteiger partial charge in [-0.25, -0.2) is 4.98 Å². The van der Waals surface area contributed by atoms with Crippen molar-refractivity contribution >= 4 is 17.2 Å². The largest absolute Gasteiger partial charge is 0.349 e. The molecule has 0 saturated carbocycles. The number of hydrogen-bond donors (Lipinski definition) is 2. The van der Waals surface area contributed by atoms with Crippen LogP contribution in [0.5, 0.6) is 0 Å². The summed E-state index contributed by atoms with van der Waals surface area (Å²) in [5, 5.41) is 7.13. The van der Waals surface area contributed by atoms with E-state index in [1.165, 1.54) is 4.88 Å². The predicted octanol–water partition coefficient (Wildman–Crippen LogP) is 0.931. The average molecular weight is 239 g/mol. The first-order chi connectivity index (χ1) is 7.79. The summed E-state index contributed by atoms with van der Waals surface area (Å²) in [6, 6.07) is 0. The number of carbonyl (C=O) groups is 1. The highest BCUT2D eigenvalue weighted by atomic mass is 32.1. The lowest BCUT2D eigenvalue weighted by molar-refractivity contribution is -0.124. The quantitative estimate of drug-likeness (QED) is 0.822. The Bertz CT molecular complexity index is 358. The Labute approximate surface area is 99.5 Å². The highest BCUT2D eigenvalue weighted by Crippen LogP contribution is 2.13. The summed E-state index contributed by atoms with van der Waals surface area (Å²) in [6.45, 7) is 4.44. The third kappa shape index (κ3) is 2.80. The molecule has 0 bridgehead atoms. The second-order valence-corrected chi connectivity index (χ2v) is 5.18. The Morgan fingerprint density at radius 1 is 1.75 bits per heavy atom. The third-order valence-electron chi connectivity index (χ3n) is 2.79. The van der Waals surface area contributed by atoms with Crippen molar-refractivity contribution in [2.24, 2.45) is 5.92 Å². The van der Waals surface area contributed by atoms with Gasteiger partial charge in [0, 0.05) is 17.6 Å². The molecule has 4 nitrogen and oxygen atoms in total. The molecule has 1 atom stereocenters. The van der Waals surface area contributed by atoms with Crippen LogP contribution < -0.4 is 10.6 Å². The molecule has 88 valence electrons. The lowest BCUT2D eigenvalue weighted by Gasteiger charge is -2.07. The van der Waals surface area contributed by atoms with Crippen molar-refractivity contribution < 1.29 is 4.79 Å². The van der Waals surface area contributed by atoms with Crippen LogP contribution in [-0.4, -0.2) is 24.0 Å². The number of aromatic nitrogens is 1. The number of thiazole rings is 1. The average Bonchev–Trinajstić information content (AvgIpc) is 2.96. The van der Waals surface area contributed by atoms with Gasteiger partial charge >= 0.3 is 0 Å². The number of nitrogens with one attached hydrogen (secondary N) is 2. The minimum atomic E-state index is 0.144. The Hall–Kier alpha value is -0.940. The first kappa shape index (κ1) is 11.5. The number of amides is 1. The highest BCUT2D eigenvalue weighted by Gasteiger charge is 2.21. The normalized spacial score (nSPS) is 19.9. The Balaban J connectivity index is 1.80. The van der Waals surface area contributed by atoms with Crippen molar-refractivity contribution in [1.82, 2.24) is 15.6 Å². The van der Waals surface area contributed by atoms with Crippen molar-refractivity contribution in [1.29, 1.82) is 0 Å². The molecular formula is C11H17N3OS. The lowest BCUT2D eigenvalue weighted by Crippen LogP contribution is -2.31. The summed E-state index contributed by atoms with van der Waals surface area (Å²) in [4.78, 5) is 17.3. The molecule has 2 heterocycles. The molecule has 1 aromatic heterocycles.